The molecule has 0 aromatic rings. The quantitative estimate of drug-likeness (QED) is 0.0495. The highest BCUT2D eigenvalue weighted by Gasteiger charge is 1.97. The number of hydrogen-bond acceptors (Lipinski definition) is 1. The van der Waals surface area contributed by atoms with Gasteiger partial charge in [-0.2, -0.15) is 0 Å². The maximum atomic E-state index is 9.25. The predicted octanol–water partition coefficient (Wildman–Crippen LogP) is 13.0. The summed E-state index contributed by atoms with van der Waals surface area (Å²) < 4.78 is 0. The maximum Gasteiger partial charge on any atom is 0.133 e. The molecule has 1 atom stereocenters. The Morgan fingerprint density at radius 3 is 0.897 bits per heavy atom. The van der Waals surface area contributed by atoms with Gasteiger partial charge in [0.2, 0.25) is 0 Å². The van der Waals surface area contributed by atoms with Crippen molar-refractivity contribution in [2.24, 2.45) is 0 Å². The summed E-state index contributed by atoms with van der Waals surface area (Å²) in [6, 6.07) is 0. The number of rotatable bonds is 33. The Labute approximate surface area is 247 Å². The number of aliphatic hydroxyl groups excluding tert-OH is 1. The fourth-order valence-corrected chi connectivity index (χ4v) is 5.74. The molecule has 0 amide bonds. The molecule has 1 nitrogen and oxygen atoms in total. The molecule has 0 unspecified atom stereocenters. The lowest BCUT2D eigenvalue weighted by atomic mass is 10.0. The van der Waals surface area contributed by atoms with Crippen molar-refractivity contribution < 1.29 is 5.11 Å². The third kappa shape index (κ3) is 35.2. The standard InChI is InChI=1S/C38H72O/c1-3-5-6-7-8-9-10-11-12-13-14-15-16-17-18-19-20-21-22-23-24-25-26-27-28-29-30-31-32-33-34-35-36-37-38(39)4-2/h2,36-39H,3,5-35H2,1H3/t38-/m0/s1. The number of unbranched alkanes of at least 4 members (excludes halogenated alkanes) is 31. The average Bonchev–Trinajstić information content (AvgIpc) is 2.95. The van der Waals surface area contributed by atoms with E-state index >= 15 is 0 Å². The molecule has 230 valence electrons. The Kier molecular flexibility index (Phi) is 34.6. The maximum absolute atomic E-state index is 9.25. The van der Waals surface area contributed by atoms with Crippen molar-refractivity contribution in [2.45, 2.75) is 218 Å². The lowest BCUT2D eigenvalue weighted by molar-refractivity contribution is 0.280. The van der Waals surface area contributed by atoms with Gasteiger partial charge in [-0.3, -0.25) is 0 Å². The van der Waals surface area contributed by atoms with E-state index in [9.17, 15) is 5.11 Å². The second-order valence-electron chi connectivity index (χ2n) is 12.4. The second-order valence-corrected chi connectivity index (χ2v) is 12.4. The summed E-state index contributed by atoms with van der Waals surface area (Å²) in [6.45, 7) is 2.30. The molecule has 0 bridgehead atoms. The van der Waals surface area contributed by atoms with Crippen LogP contribution in [0.25, 0.3) is 0 Å². The van der Waals surface area contributed by atoms with Gasteiger partial charge in [-0.1, -0.05) is 212 Å². The third-order valence-electron chi connectivity index (χ3n) is 8.46. The van der Waals surface area contributed by atoms with E-state index in [1.54, 1.807) is 6.08 Å². The SMILES string of the molecule is C#C[C@H](O)C=CCCCCCCCCCCCCCCCCCCCCCCCCCCCCCCCCC. The number of terminal acetylenes is 1. The molecule has 0 saturated heterocycles. The van der Waals surface area contributed by atoms with Crippen LogP contribution in [0.4, 0.5) is 0 Å². The first-order valence-electron chi connectivity index (χ1n) is 18.1. The van der Waals surface area contributed by atoms with Crippen molar-refractivity contribution >= 4 is 0 Å². The molecule has 39 heavy (non-hydrogen) atoms. The van der Waals surface area contributed by atoms with Crippen LogP contribution in [0.2, 0.25) is 0 Å². The lowest BCUT2D eigenvalue weighted by Crippen LogP contribution is -1.95. The molecule has 0 aromatic heterocycles. The van der Waals surface area contributed by atoms with Gasteiger partial charge in [0.1, 0.15) is 6.10 Å². The highest BCUT2D eigenvalue weighted by Crippen LogP contribution is 2.16. The van der Waals surface area contributed by atoms with Crippen LogP contribution in [0.1, 0.15) is 212 Å². The van der Waals surface area contributed by atoms with Gasteiger partial charge in [0.15, 0.2) is 0 Å². The van der Waals surface area contributed by atoms with E-state index in [2.05, 4.69) is 12.8 Å². The van der Waals surface area contributed by atoms with E-state index in [0.29, 0.717) is 0 Å². The van der Waals surface area contributed by atoms with Crippen molar-refractivity contribution in [3.8, 4) is 12.3 Å². The van der Waals surface area contributed by atoms with Gasteiger partial charge in [0.25, 0.3) is 0 Å². The van der Waals surface area contributed by atoms with E-state index in [-0.39, 0.29) is 0 Å². The van der Waals surface area contributed by atoms with E-state index in [1.165, 1.54) is 199 Å². The van der Waals surface area contributed by atoms with E-state index in [4.69, 9.17) is 6.42 Å². The van der Waals surface area contributed by atoms with Gasteiger partial charge in [-0.15, -0.1) is 6.42 Å². The van der Waals surface area contributed by atoms with Crippen LogP contribution in [0.5, 0.6) is 0 Å². The van der Waals surface area contributed by atoms with Crippen LogP contribution in [-0.2, 0) is 0 Å². The first-order valence-corrected chi connectivity index (χ1v) is 18.1. The molecule has 0 radical (unpaired) electrons. The molecule has 0 aliphatic heterocycles. The molecule has 0 rings (SSSR count). The highest BCUT2D eigenvalue weighted by atomic mass is 16.3. The number of hydrogen-bond donors (Lipinski definition) is 1. The van der Waals surface area contributed by atoms with E-state index < -0.39 is 6.10 Å². The minimum Gasteiger partial charge on any atom is -0.377 e. The third-order valence-corrected chi connectivity index (χ3v) is 8.46. The fourth-order valence-electron chi connectivity index (χ4n) is 5.74. The zero-order chi connectivity index (χ0) is 28.3. The Balaban J connectivity index is 3.06. The molecular formula is C38H72O. The molecule has 0 saturated carbocycles. The zero-order valence-corrected chi connectivity index (χ0v) is 26.9. The predicted molar refractivity (Wildman–Crippen MR) is 177 cm³/mol. The van der Waals surface area contributed by atoms with Crippen molar-refractivity contribution in [3.63, 3.8) is 0 Å². The van der Waals surface area contributed by atoms with Gasteiger partial charge in [-0.25, -0.2) is 0 Å². The fraction of sp³-hybridized carbons (Fsp3) is 0.895. The van der Waals surface area contributed by atoms with Gasteiger partial charge in [-0.05, 0) is 18.9 Å². The first-order chi connectivity index (χ1) is 19.3. The van der Waals surface area contributed by atoms with Gasteiger partial charge >= 0.3 is 0 Å². The first kappa shape index (κ1) is 38.3. The van der Waals surface area contributed by atoms with Crippen LogP contribution >= 0.6 is 0 Å². The molecule has 0 aliphatic carbocycles. The van der Waals surface area contributed by atoms with Crippen LogP contribution in [0.3, 0.4) is 0 Å². The topological polar surface area (TPSA) is 20.2 Å². The van der Waals surface area contributed by atoms with Gasteiger partial charge < -0.3 is 5.11 Å². The van der Waals surface area contributed by atoms with Crippen LogP contribution < -0.4 is 0 Å². The smallest absolute Gasteiger partial charge is 0.133 e. The lowest BCUT2D eigenvalue weighted by Gasteiger charge is -2.04. The van der Waals surface area contributed by atoms with Crippen molar-refractivity contribution in [1.29, 1.82) is 0 Å². The summed E-state index contributed by atoms with van der Waals surface area (Å²) in [7, 11) is 0. The molecule has 1 heteroatoms. The largest absolute Gasteiger partial charge is 0.377 e. The monoisotopic (exact) mass is 545 g/mol. The molecular weight excluding hydrogens is 472 g/mol. The Hall–Kier alpha value is -0.740. The average molecular weight is 545 g/mol. The molecule has 0 spiro atoms. The van der Waals surface area contributed by atoms with E-state index in [1.807, 2.05) is 6.08 Å². The number of aliphatic hydroxyl groups is 1. The van der Waals surface area contributed by atoms with Crippen LogP contribution in [0.15, 0.2) is 12.2 Å². The molecule has 1 N–H and O–H groups in total. The second kappa shape index (κ2) is 35.3. The molecule has 0 aromatic carbocycles. The van der Waals surface area contributed by atoms with E-state index in [0.717, 1.165) is 6.42 Å². The zero-order valence-electron chi connectivity index (χ0n) is 26.9. The summed E-state index contributed by atoms with van der Waals surface area (Å²) >= 11 is 0. The van der Waals surface area contributed by atoms with Crippen molar-refractivity contribution in [2.75, 3.05) is 0 Å². The van der Waals surface area contributed by atoms with Crippen LogP contribution in [-0.4, -0.2) is 11.2 Å². The van der Waals surface area contributed by atoms with Gasteiger partial charge in [0.05, 0.1) is 0 Å². The summed E-state index contributed by atoms with van der Waals surface area (Å²) in [5, 5.41) is 9.25. The summed E-state index contributed by atoms with van der Waals surface area (Å²) in [5.74, 6) is 2.31. The summed E-state index contributed by atoms with van der Waals surface area (Å²) in [6.07, 6.45) is 54.0. The minimum atomic E-state index is -0.705. The van der Waals surface area contributed by atoms with Crippen LogP contribution in [0, 0.1) is 12.3 Å². The summed E-state index contributed by atoms with van der Waals surface area (Å²) in [5.41, 5.74) is 0. The van der Waals surface area contributed by atoms with Crippen molar-refractivity contribution in [1.82, 2.24) is 0 Å². The molecule has 0 heterocycles. The molecule has 0 fully saturated rings. The summed E-state index contributed by atoms with van der Waals surface area (Å²) in [4.78, 5) is 0. The number of allylic oxidation sites excluding steroid dienone is 1. The Morgan fingerprint density at radius 2 is 0.667 bits per heavy atom. The minimum absolute atomic E-state index is 0.705. The Morgan fingerprint density at radius 1 is 0.436 bits per heavy atom. The van der Waals surface area contributed by atoms with Gasteiger partial charge in [0, 0.05) is 0 Å². The molecule has 0 aliphatic rings. The normalized spacial score (nSPS) is 12.3. The van der Waals surface area contributed by atoms with Crippen molar-refractivity contribution in [3.05, 3.63) is 12.2 Å². The Bertz CT molecular complexity index is 501. The highest BCUT2D eigenvalue weighted by molar-refractivity contribution is 5.05.